The molecule has 1 N–H and O–H groups in total. The van der Waals surface area contributed by atoms with Crippen LogP contribution in [0.1, 0.15) is 42.1 Å². The van der Waals surface area contributed by atoms with E-state index in [4.69, 9.17) is 9.47 Å². The topological polar surface area (TPSA) is 64.6 Å². The van der Waals surface area contributed by atoms with Crippen LogP contribution in [0.4, 0.5) is 5.69 Å². The number of methoxy groups -OCH3 is 2. The monoisotopic (exact) mass is 349 g/mol. The second kappa shape index (κ2) is 7.87. The number of rotatable bonds is 5. The summed E-state index contributed by atoms with van der Waals surface area (Å²) >= 11 is 0. The zero-order valence-corrected chi connectivity index (χ0v) is 15.8. The Balaban J connectivity index is 2.29. The van der Waals surface area contributed by atoms with E-state index in [2.05, 4.69) is 12.4 Å². The van der Waals surface area contributed by atoms with Crippen molar-refractivity contribution in [2.75, 3.05) is 39.7 Å². The number of nitrogens with zero attached hydrogens (tertiary/aromatic N) is 1. The van der Waals surface area contributed by atoms with Crippen molar-refractivity contribution in [1.82, 2.24) is 0 Å². The second-order valence-electron chi connectivity index (χ2n) is 7.01. The predicted molar refractivity (Wildman–Crippen MR) is 96.9 cm³/mol. The van der Waals surface area contributed by atoms with Gasteiger partial charge in [0, 0.05) is 0 Å². The quantitative estimate of drug-likeness (QED) is 0.656. The second-order valence-corrected chi connectivity index (χ2v) is 7.01. The highest BCUT2D eigenvalue weighted by Crippen LogP contribution is 2.29. The number of ether oxygens (including phenoxy) is 2. The lowest BCUT2D eigenvalue weighted by atomic mass is 10.0. The number of carbonyl (C=O) groups is 2. The zero-order valence-electron chi connectivity index (χ0n) is 15.8. The summed E-state index contributed by atoms with van der Waals surface area (Å²) in [5, 5.41) is 2.96. The molecule has 0 bridgehead atoms. The van der Waals surface area contributed by atoms with Gasteiger partial charge in [0.05, 0.1) is 45.6 Å². The molecule has 1 aromatic rings. The van der Waals surface area contributed by atoms with Crippen molar-refractivity contribution in [2.45, 2.75) is 39.2 Å². The maximum Gasteiger partial charge on any atom is 0.340 e. The molecule has 0 radical (unpaired) electrons. The molecule has 1 aromatic carbocycles. The molecule has 1 saturated heterocycles. The molecule has 1 aliphatic rings. The number of benzene rings is 1. The summed E-state index contributed by atoms with van der Waals surface area (Å²) in [5.74, 6) is -0.0230. The number of anilines is 1. The highest BCUT2D eigenvalue weighted by atomic mass is 16.5. The van der Waals surface area contributed by atoms with Gasteiger partial charge in [0.25, 0.3) is 5.91 Å². The van der Waals surface area contributed by atoms with Crippen LogP contribution in [-0.4, -0.2) is 56.8 Å². The van der Waals surface area contributed by atoms with Crippen LogP contribution in [0.3, 0.4) is 0 Å². The van der Waals surface area contributed by atoms with Gasteiger partial charge in [-0.3, -0.25) is 4.79 Å². The van der Waals surface area contributed by atoms with Crippen molar-refractivity contribution in [1.29, 1.82) is 0 Å². The number of carbonyl (C=O) groups excluding carboxylic acids is 2. The van der Waals surface area contributed by atoms with E-state index in [1.807, 2.05) is 13.8 Å². The largest absolute Gasteiger partial charge is 0.497 e. The summed E-state index contributed by atoms with van der Waals surface area (Å²) in [7, 11) is 4.99. The minimum atomic E-state index is -0.497. The van der Waals surface area contributed by atoms with Gasteiger partial charge in [-0.1, -0.05) is 0 Å². The SMILES string of the molecule is COC(=O)c1cc(OC)cc(C)c1NC(=O)C(C)[N+]1(C)CCCCC1. The van der Waals surface area contributed by atoms with Crippen LogP contribution in [0.5, 0.6) is 5.75 Å². The molecule has 0 aromatic heterocycles. The number of nitrogens with one attached hydrogen (secondary N) is 1. The molecular formula is C19H29N2O4+. The molecule has 1 atom stereocenters. The Bertz CT molecular complexity index is 651. The molecule has 0 spiro atoms. The van der Waals surface area contributed by atoms with Gasteiger partial charge in [-0.25, -0.2) is 4.79 Å². The molecule has 6 nitrogen and oxygen atoms in total. The Kier molecular flexibility index (Phi) is 6.06. The maximum absolute atomic E-state index is 12.9. The average molecular weight is 349 g/mol. The molecule has 1 heterocycles. The lowest BCUT2D eigenvalue weighted by molar-refractivity contribution is -0.926. The van der Waals surface area contributed by atoms with E-state index >= 15 is 0 Å². The Hall–Kier alpha value is -2.08. The van der Waals surface area contributed by atoms with E-state index in [1.165, 1.54) is 20.6 Å². The van der Waals surface area contributed by atoms with Crippen molar-refractivity contribution in [3.63, 3.8) is 0 Å². The first-order valence-corrected chi connectivity index (χ1v) is 8.74. The van der Waals surface area contributed by atoms with E-state index in [0.717, 1.165) is 36.0 Å². The summed E-state index contributed by atoms with van der Waals surface area (Å²) in [4.78, 5) is 25.0. The number of aryl methyl sites for hydroxylation is 1. The van der Waals surface area contributed by atoms with Crippen LogP contribution in [0.15, 0.2) is 12.1 Å². The lowest BCUT2D eigenvalue weighted by Gasteiger charge is -2.41. The van der Waals surface area contributed by atoms with Crippen LogP contribution in [0.25, 0.3) is 0 Å². The van der Waals surface area contributed by atoms with Crippen LogP contribution in [-0.2, 0) is 9.53 Å². The van der Waals surface area contributed by atoms with Crippen LogP contribution < -0.4 is 10.1 Å². The molecule has 1 fully saturated rings. The van der Waals surface area contributed by atoms with Crippen LogP contribution in [0, 0.1) is 6.92 Å². The zero-order chi connectivity index (χ0) is 18.6. The Morgan fingerprint density at radius 3 is 2.36 bits per heavy atom. The first kappa shape index (κ1) is 19.2. The number of hydrogen-bond acceptors (Lipinski definition) is 4. The summed E-state index contributed by atoms with van der Waals surface area (Å²) in [5.41, 5.74) is 1.57. The minimum Gasteiger partial charge on any atom is -0.497 e. The van der Waals surface area contributed by atoms with E-state index in [-0.39, 0.29) is 11.9 Å². The fourth-order valence-corrected chi connectivity index (χ4v) is 3.44. The highest BCUT2D eigenvalue weighted by Gasteiger charge is 2.36. The number of esters is 1. The summed E-state index contributed by atoms with van der Waals surface area (Å²) in [6.45, 7) is 5.80. The van der Waals surface area contributed by atoms with E-state index in [9.17, 15) is 9.59 Å². The van der Waals surface area contributed by atoms with Crippen LogP contribution >= 0.6 is 0 Å². The molecule has 1 amide bonds. The van der Waals surface area contributed by atoms with Crippen molar-refractivity contribution in [3.8, 4) is 5.75 Å². The number of likely N-dealkylation sites (N-methyl/N-ethyl adjacent to an activating group) is 1. The molecule has 1 unspecified atom stereocenters. The first-order valence-electron chi connectivity index (χ1n) is 8.74. The van der Waals surface area contributed by atoms with Gasteiger partial charge >= 0.3 is 5.97 Å². The number of piperidine rings is 1. The van der Waals surface area contributed by atoms with Gasteiger partial charge < -0.3 is 19.3 Å². The van der Waals surface area contributed by atoms with Gasteiger partial charge in [-0.05, 0) is 50.8 Å². The van der Waals surface area contributed by atoms with Crippen molar-refractivity contribution in [2.24, 2.45) is 0 Å². The van der Waals surface area contributed by atoms with Gasteiger partial charge in [0.1, 0.15) is 5.75 Å². The van der Waals surface area contributed by atoms with Gasteiger partial charge in [0.2, 0.25) is 0 Å². The average Bonchev–Trinajstić information content (AvgIpc) is 2.62. The molecule has 6 heteroatoms. The smallest absolute Gasteiger partial charge is 0.340 e. The Labute approximate surface area is 149 Å². The number of hydrogen-bond donors (Lipinski definition) is 1. The number of amides is 1. The standard InChI is InChI=1S/C19H28N2O4/c1-13-11-15(24-4)12-16(19(23)25-5)17(13)20-18(22)14(2)21(3)9-7-6-8-10-21/h11-12,14H,6-10H2,1-5H3/p+1. The van der Waals surface area contributed by atoms with E-state index in [1.54, 1.807) is 12.1 Å². The van der Waals surface area contributed by atoms with Crippen LogP contribution in [0.2, 0.25) is 0 Å². The van der Waals surface area contributed by atoms with Crippen molar-refractivity contribution < 1.29 is 23.5 Å². The summed E-state index contributed by atoms with van der Waals surface area (Å²) in [6, 6.07) is 3.20. The third-order valence-electron chi connectivity index (χ3n) is 5.35. The highest BCUT2D eigenvalue weighted by molar-refractivity contribution is 6.03. The summed E-state index contributed by atoms with van der Waals surface area (Å²) in [6.07, 6.45) is 3.51. The predicted octanol–water partition coefficient (Wildman–Crippen LogP) is 2.75. The molecule has 138 valence electrons. The maximum atomic E-state index is 12.9. The normalized spacial score (nSPS) is 17.5. The molecule has 0 saturated carbocycles. The number of likely N-dealkylation sites (tertiary alicyclic amines) is 1. The lowest BCUT2D eigenvalue weighted by Crippen LogP contribution is -2.58. The minimum absolute atomic E-state index is 0.0807. The molecule has 2 rings (SSSR count). The van der Waals surface area contributed by atoms with Crippen molar-refractivity contribution >= 4 is 17.6 Å². The summed E-state index contributed by atoms with van der Waals surface area (Å²) < 4.78 is 10.8. The molecule has 0 aliphatic carbocycles. The fraction of sp³-hybridized carbons (Fsp3) is 0.579. The Morgan fingerprint density at radius 1 is 1.16 bits per heavy atom. The number of quaternary nitrogens is 1. The molecule has 1 aliphatic heterocycles. The molecular weight excluding hydrogens is 320 g/mol. The fourth-order valence-electron chi connectivity index (χ4n) is 3.44. The van der Waals surface area contributed by atoms with Gasteiger partial charge in [-0.2, -0.15) is 0 Å². The van der Waals surface area contributed by atoms with Crippen molar-refractivity contribution in [3.05, 3.63) is 23.3 Å². The first-order chi connectivity index (χ1) is 11.8. The Morgan fingerprint density at radius 2 is 1.80 bits per heavy atom. The third-order valence-corrected chi connectivity index (χ3v) is 5.35. The molecule has 25 heavy (non-hydrogen) atoms. The van der Waals surface area contributed by atoms with Gasteiger partial charge in [0.15, 0.2) is 6.04 Å². The van der Waals surface area contributed by atoms with E-state index in [0.29, 0.717) is 17.0 Å². The van der Waals surface area contributed by atoms with E-state index < -0.39 is 5.97 Å². The third kappa shape index (κ3) is 4.12. The van der Waals surface area contributed by atoms with Gasteiger partial charge in [-0.15, -0.1) is 0 Å².